The molecule has 4 heterocycles. The molecule has 0 amide bonds. The van der Waals surface area contributed by atoms with Crippen molar-refractivity contribution in [1.82, 2.24) is 40.4 Å². The summed E-state index contributed by atoms with van der Waals surface area (Å²) in [6.45, 7) is 17.0. The number of hydrogen-bond donors (Lipinski definition) is 0. The van der Waals surface area contributed by atoms with Crippen LogP contribution in [-0.2, 0) is 57.7 Å². The molecule has 2 aliphatic rings. The Morgan fingerprint density at radius 3 is 1.29 bits per heavy atom. The molecule has 22 heteroatoms. The highest BCUT2D eigenvalue weighted by Crippen LogP contribution is 2.32. The Balaban J connectivity index is 1.29. The minimum atomic E-state index is -4.18. The molecule has 0 radical (unpaired) electrons. The molecule has 2 aromatic heterocycles. The van der Waals surface area contributed by atoms with Gasteiger partial charge in [-0.15, -0.1) is 0 Å². The lowest BCUT2D eigenvalue weighted by atomic mass is 10.1. The van der Waals surface area contributed by atoms with Crippen molar-refractivity contribution in [2.75, 3.05) is 11.5 Å². The third-order valence-corrected chi connectivity index (χ3v) is 11.3. The molecule has 2 saturated heterocycles. The summed E-state index contributed by atoms with van der Waals surface area (Å²) >= 11 is 0. The number of benzene rings is 1. The van der Waals surface area contributed by atoms with Crippen LogP contribution in [0.5, 0.6) is 0 Å². The van der Waals surface area contributed by atoms with Gasteiger partial charge in [0, 0.05) is 12.8 Å². The van der Waals surface area contributed by atoms with Crippen LogP contribution < -0.4 is 0 Å². The lowest BCUT2D eigenvalue weighted by molar-refractivity contribution is -0.296. The third-order valence-electron chi connectivity index (χ3n) is 8.07. The fourth-order valence-corrected chi connectivity index (χ4v) is 9.29. The normalized spacial score (nSPS) is 23.0. The van der Waals surface area contributed by atoms with Crippen molar-refractivity contribution < 1.29 is 54.8 Å². The highest BCUT2D eigenvalue weighted by molar-refractivity contribution is 7.91. The van der Waals surface area contributed by atoms with Crippen molar-refractivity contribution in [1.29, 1.82) is 0 Å². The van der Waals surface area contributed by atoms with E-state index < -0.39 is 101 Å². The molecule has 0 unspecified atom stereocenters. The highest BCUT2D eigenvalue weighted by atomic mass is 32.2. The van der Waals surface area contributed by atoms with Gasteiger partial charge in [-0.05, 0) is 114 Å². The van der Waals surface area contributed by atoms with E-state index in [-0.39, 0.29) is 37.1 Å². The van der Waals surface area contributed by atoms with Gasteiger partial charge in [-0.25, -0.2) is 16.8 Å². The number of tetrazole rings is 2. The van der Waals surface area contributed by atoms with Gasteiger partial charge in [0.15, 0.2) is 11.6 Å². The molecule has 3 aromatic rings. The van der Waals surface area contributed by atoms with Crippen LogP contribution in [-0.4, -0.2) is 128 Å². The fraction of sp³-hybridized carbons (Fsp3) is 0.706. The number of hydrogen-bond acceptors (Lipinski definition) is 18. The maximum atomic E-state index is 13.7. The molecular formula is C34H50N8O12S2. The summed E-state index contributed by atoms with van der Waals surface area (Å²) in [6.07, 6.45) is -3.03. The Morgan fingerprint density at radius 1 is 0.643 bits per heavy atom. The standard InChI is InChI=1S/C34H50N8O12S2/c1-31(2,3)53-27(43)17-23-15-25(51-33(7,8)49-23)19-55(45,46)29-35-37-39-41(29)21-11-13-22(14-12-21)42-30(36-38-40-42)56(47,48)20-26-16-24(50-34(9,10)52-26)18-28(44)54-32(4,5)6/h11-14,23-26H,15-20H2,1-10H3/t23-,24-,25+,26+/m1/s1. The van der Waals surface area contributed by atoms with Crippen molar-refractivity contribution in [3.8, 4) is 11.4 Å². The first kappa shape index (κ1) is 43.2. The number of carbonyl (C=O) groups is 2. The lowest BCUT2D eigenvalue weighted by Crippen LogP contribution is -2.48. The smallest absolute Gasteiger partial charge is 0.308 e. The van der Waals surface area contributed by atoms with Crippen molar-refractivity contribution >= 4 is 31.6 Å². The van der Waals surface area contributed by atoms with E-state index in [4.69, 9.17) is 28.4 Å². The number of aromatic nitrogens is 8. The quantitative estimate of drug-likeness (QED) is 0.238. The van der Waals surface area contributed by atoms with Crippen LogP contribution in [0.1, 0.15) is 94.9 Å². The van der Waals surface area contributed by atoms with E-state index in [0.717, 1.165) is 9.36 Å². The molecule has 5 rings (SSSR count). The number of carbonyl (C=O) groups excluding carboxylic acids is 2. The van der Waals surface area contributed by atoms with Crippen LogP contribution in [0.25, 0.3) is 11.4 Å². The summed E-state index contributed by atoms with van der Waals surface area (Å²) in [7, 11) is -8.36. The summed E-state index contributed by atoms with van der Waals surface area (Å²) in [5, 5.41) is 21.6. The van der Waals surface area contributed by atoms with Gasteiger partial charge in [-0.1, -0.05) is 10.2 Å². The second-order valence-electron chi connectivity index (χ2n) is 16.6. The van der Waals surface area contributed by atoms with E-state index in [9.17, 15) is 26.4 Å². The summed E-state index contributed by atoms with van der Waals surface area (Å²) in [5.74, 6) is -4.36. The van der Waals surface area contributed by atoms with E-state index in [1.807, 2.05) is 0 Å². The monoisotopic (exact) mass is 826 g/mol. The Bertz CT molecular complexity index is 1950. The first-order chi connectivity index (χ1) is 25.7. The van der Waals surface area contributed by atoms with Crippen LogP contribution >= 0.6 is 0 Å². The van der Waals surface area contributed by atoms with Crippen LogP contribution in [0, 0.1) is 0 Å². The van der Waals surface area contributed by atoms with E-state index in [1.165, 1.54) is 24.3 Å². The summed E-state index contributed by atoms with van der Waals surface area (Å²) in [5.41, 5.74) is -0.923. The minimum Gasteiger partial charge on any atom is -0.460 e. The van der Waals surface area contributed by atoms with Gasteiger partial charge < -0.3 is 28.4 Å². The minimum absolute atomic E-state index is 0.0905. The first-order valence-corrected chi connectivity index (χ1v) is 21.3. The number of rotatable bonds is 12. The van der Waals surface area contributed by atoms with Crippen LogP contribution in [0.2, 0.25) is 0 Å². The Kier molecular flexibility index (Phi) is 12.2. The summed E-state index contributed by atoms with van der Waals surface area (Å²) in [6, 6.07) is 5.89. The van der Waals surface area contributed by atoms with E-state index in [0.29, 0.717) is 0 Å². The zero-order valence-electron chi connectivity index (χ0n) is 33.2. The van der Waals surface area contributed by atoms with Crippen LogP contribution in [0.3, 0.4) is 0 Å². The van der Waals surface area contributed by atoms with Crippen molar-refractivity contribution in [3.63, 3.8) is 0 Å². The maximum Gasteiger partial charge on any atom is 0.308 e. The average Bonchev–Trinajstić information content (AvgIpc) is 3.69. The van der Waals surface area contributed by atoms with Crippen molar-refractivity contribution in [2.45, 2.75) is 152 Å². The summed E-state index contributed by atoms with van der Waals surface area (Å²) < 4.78 is 91.3. The van der Waals surface area contributed by atoms with Crippen LogP contribution in [0.4, 0.5) is 0 Å². The number of esters is 2. The molecule has 2 aliphatic heterocycles. The highest BCUT2D eigenvalue weighted by Gasteiger charge is 2.42. The van der Waals surface area contributed by atoms with Gasteiger partial charge in [0.05, 0.1) is 60.1 Å². The first-order valence-electron chi connectivity index (χ1n) is 18.0. The molecule has 0 aliphatic carbocycles. The predicted molar refractivity (Wildman–Crippen MR) is 194 cm³/mol. The molecule has 56 heavy (non-hydrogen) atoms. The Morgan fingerprint density at radius 2 is 0.964 bits per heavy atom. The second-order valence-corrected chi connectivity index (χ2v) is 20.5. The maximum absolute atomic E-state index is 13.7. The van der Waals surface area contributed by atoms with Gasteiger partial charge in [-0.2, -0.15) is 9.36 Å². The molecule has 0 saturated carbocycles. The third kappa shape index (κ3) is 11.6. The molecule has 1 aromatic carbocycles. The molecule has 2 fully saturated rings. The Labute approximate surface area is 325 Å². The molecule has 4 atom stereocenters. The molecule has 0 bridgehead atoms. The van der Waals surface area contributed by atoms with Gasteiger partial charge in [0.25, 0.3) is 10.3 Å². The van der Waals surface area contributed by atoms with Gasteiger partial charge in [-0.3, -0.25) is 9.59 Å². The van der Waals surface area contributed by atoms with Crippen molar-refractivity contribution in [3.05, 3.63) is 24.3 Å². The van der Waals surface area contributed by atoms with Crippen molar-refractivity contribution in [2.24, 2.45) is 0 Å². The van der Waals surface area contributed by atoms with Crippen LogP contribution in [0.15, 0.2) is 34.6 Å². The van der Waals surface area contributed by atoms with Gasteiger partial charge >= 0.3 is 11.9 Å². The summed E-state index contributed by atoms with van der Waals surface area (Å²) in [4.78, 5) is 25.0. The molecule has 20 nitrogen and oxygen atoms in total. The topological polar surface area (TPSA) is 245 Å². The predicted octanol–water partition coefficient (Wildman–Crippen LogP) is 2.47. The van der Waals surface area contributed by atoms with E-state index in [2.05, 4.69) is 31.1 Å². The number of ether oxygens (including phenoxy) is 6. The fourth-order valence-electron chi connectivity index (χ4n) is 6.48. The molecule has 0 N–H and O–H groups in total. The second kappa shape index (κ2) is 15.8. The number of nitrogens with zero attached hydrogens (tertiary/aromatic N) is 8. The molecule has 310 valence electrons. The largest absolute Gasteiger partial charge is 0.460 e. The van der Waals surface area contributed by atoms with Gasteiger partial charge in [0.2, 0.25) is 19.7 Å². The zero-order chi connectivity index (χ0) is 41.5. The Hall–Kier alpha value is -3.96. The molecular weight excluding hydrogens is 777 g/mol. The SMILES string of the molecule is CC(C)(C)OC(=O)C[C@H]1C[C@@H](CS(=O)(=O)c2nnnn2-c2ccc(-n3nnnc3S(=O)(=O)C[C@@H]3C[C@H](CC(=O)OC(C)(C)C)OC(C)(C)O3)cc2)OC(C)(C)O1. The average molecular weight is 827 g/mol. The van der Waals surface area contributed by atoms with Gasteiger partial charge in [0.1, 0.15) is 11.2 Å². The van der Waals surface area contributed by atoms with E-state index >= 15 is 0 Å². The lowest BCUT2D eigenvalue weighted by Gasteiger charge is -2.40. The molecule has 0 spiro atoms. The van der Waals surface area contributed by atoms with E-state index in [1.54, 1.807) is 69.2 Å². The number of sulfone groups is 2. The zero-order valence-corrected chi connectivity index (χ0v) is 34.8.